The van der Waals surface area contributed by atoms with Gasteiger partial charge in [-0.25, -0.2) is 4.79 Å². The van der Waals surface area contributed by atoms with Crippen LogP contribution in [0.5, 0.6) is 0 Å². The Morgan fingerprint density at radius 3 is 2.74 bits per heavy atom. The number of aromatic carboxylic acids is 1. The van der Waals surface area contributed by atoms with E-state index in [0.29, 0.717) is 18.1 Å². The average molecular weight is 283 g/mol. The predicted octanol–water partition coefficient (Wildman–Crippen LogP) is 2.06. The maximum absolute atomic E-state index is 11.1. The Morgan fingerprint density at radius 2 is 2.16 bits per heavy atom. The van der Waals surface area contributed by atoms with E-state index in [0.717, 1.165) is 17.8 Å². The summed E-state index contributed by atoms with van der Waals surface area (Å²) in [7, 11) is 0. The van der Waals surface area contributed by atoms with E-state index in [9.17, 15) is 4.79 Å². The molecule has 0 aliphatic rings. The van der Waals surface area contributed by atoms with Crippen LogP contribution in [0.15, 0.2) is 12.3 Å². The Hall–Kier alpha value is -1.82. The molecule has 7 heteroatoms. The first-order valence-electron chi connectivity index (χ1n) is 6.07. The van der Waals surface area contributed by atoms with E-state index < -0.39 is 5.97 Å². The summed E-state index contributed by atoms with van der Waals surface area (Å²) in [6.45, 7) is 4.93. The van der Waals surface area contributed by atoms with Crippen LogP contribution in [0.2, 0.25) is 5.02 Å². The Kier molecular flexibility index (Phi) is 3.90. The van der Waals surface area contributed by atoms with E-state index in [-0.39, 0.29) is 5.69 Å². The van der Waals surface area contributed by atoms with Gasteiger partial charge in [-0.2, -0.15) is 10.2 Å². The molecule has 0 saturated carbocycles. The molecule has 2 rings (SSSR count). The summed E-state index contributed by atoms with van der Waals surface area (Å²) in [4.78, 5) is 11.1. The van der Waals surface area contributed by atoms with Crippen LogP contribution in [0.25, 0.3) is 0 Å². The van der Waals surface area contributed by atoms with Crippen LogP contribution in [-0.4, -0.2) is 30.6 Å². The van der Waals surface area contributed by atoms with Gasteiger partial charge in [-0.1, -0.05) is 18.5 Å². The van der Waals surface area contributed by atoms with E-state index in [1.54, 1.807) is 4.68 Å². The largest absolute Gasteiger partial charge is 0.477 e. The second kappa shape index (κ2) is 5.44. The molecule has 0 unspecified atom stereocenters. The molecule has 0 aliphatic heterocycles. The van der Waals surface area contributed by atoms with Crippen molar-refractivity contribution < 1.29 is 9.90 Å². The topological polar surface area (TPSA) is 72.9 Å². The van der Waals surface area contributed by atoms with Crippen molar-refractivity contribution in [1.29, 1.82) is 0 Å². The first-order valence-corrected chi connectivity index (χ1v) is 6.45. The monoisotopic (exact) mass is 282 g/mol. The summed E-state index contributed by atoms with van der Waals surface area (Å²) in [5.74, 6) is -1.01. The van der Waals surface area contributed by atoms with Crippen LogP contribution in [0.1, 0.15) is 35.7 Å². The van der Waals surface area contributed by atoms with Crippen molar-refractivity contribution in [3.63, 3.8) is 0 Å². The van der Waals surface area contributed by atoms with Crippen molar-refractivity contribution in [2.24, 2.45) is 0 Å². The molecule has 0 fully saturated rings. The first-order chi connectivity index (χ1) is 9.08. The van der Waals surface area contributed by atoms with Gasteiger partial charge in [0.05, 0.1) is 23.0 Å². The molecule has 0 amide bonds. The van der Waals surface area contributed by atoms with Crippen molar-refractivity contribution in [3.05, 3.63) is 34.4 Å². The minimum atomic E-state index is -1.01. The van der Waals surface area contributed by atoms with Gasteiger partial charge in [0.1, 0.15) is 5.69 Å². The third-order valence-corrected chi connectivity index (χ3v) is 3.37. The Morgan fingerprint density at radius 1 is 1.42 bits per heavy atom. The second-order valence-electron chi connectivity index (χ2n) is 4.06. The van der Waals surface area contributed by atoms with Gasteiger partial charge in [0, 0.05) is 12.7 Å². The first kappa shape index (κ1) is 13.6. The molecule has 6 nitrogen and oxygen atoms in total. The van der Waals surface area contributed by atoms with Gasteiger partial charge in [0.25, 0.3) is 0 Å². The molecular weight excluding hydrogens is 268 g/mol. The van der Waals surface area contributed by atoms with Gasteiger partial charge >= 0.3 is 5.97 Å². The number of nitrogens with zero attached hydrogens (tertiary/aromatic N) is 4. The molecule has 19 heavy (non-hydrogen) atoms. The fourth-order valence-electron chi connectivity index (χ4n) is 1.95. The molecule has 102 valence electrons. The van der Waals surface area contributed by atoms with Crippen molar-refractivity contribution >= 4 is 17.6 Å². The van der Waals surface area contributed by atoms with E-state index in [4.69, 9.17) is 16.7 Å². The molecule has 0 saturated heterocycles. The number of carboxylic acids is 1. The maximum atomic E-state index is 11.1. The lowest BCUT2D eigenvalue weighted by Gasteiger charge is -2.07. The molecule has 2 heterocycles. The Bertz CT molecular complexity index is 603. The maximum Gasteiger partial charge on any atom is 0.354 e. The number of rotatable bonds is 5. The summed E-state index contributed by atoms with van der Waals surface area (Å²) in [6, 6.07) is 1.46. The third-order valence-electron chi connectivity index (χ3n) is 2.93. The van der Waals surface area contributed by atoms with Crippen LogP contribution in [-0.2, 0) is 19.5 Å². The van der Waals surface area contributed by atoms with Gasteiger partial charge in [-0.3, -0.25) is 9.36 Å². The molecule has 2 aromatic heterocycles. The lowest BCUT2D eigenvalue weighted by Crippen LogP contribution is -2.14. The van der Waals surface area contributed by atoms with Gasteiger partial charge in [-0.05, 0) is 19.4 Å². The molecule has 0 atom stereocenters. The van der Waals surface area contributed by atoms with E-state index >= 15 is 0 Å². The molecule has 0 spiro atoms. The zero-order valence-corrected chi connectivity index (χ0v) is 11.6. The molecule has 2 aromatic rings. The van der Waals surface area contributed by atoms with Gasteiger partial charge in [0.15, 0.2) is 0 Å². The number of hydrogen-bond donors (Lipinski definition) is 1. The standard InChI is InChI=1S/C12H15ClN4O2/c1-3-8-11(13)10(16(4-2)15-8)7-17-9(12(18)19)5-6-14-17/h5-6H,3-4,7H2,1-2H3,(H,18,19). The number of aromatic nitrogens is 4. The van der Waals surface area contributed by atoms with E-state index in [2.05, 4.69) is 10.2 Å². The molecule has 0 bridgehead atoms. The summed E-state index contributed by atoms with van der Waals surface area (Å²) in [5.41, 5.74) is 1.74. The van der Waals surface area contributed by atoms with Crippen molar-refractivity contribution in [2.75, 3.05) is 0 Å². The van der Waals surface area contributed by atoms with E-state index in [1.807, 2.05) is 13.8 Å². The number of carbonyl (C=O) groups is 1. The smallest absolute Gasteiger partial charge is 0.354 e. The summed E-state index contributed by atoms with van der Waals surface area (Å²) in [6.07, 6.45) is 2.20. The normalized spacial score (nSPS) is 10.9. The highest BCUT2D eigenvalue weighted by Gasteiger charge is 2.17. The van der Waals surface area contributed by atoms with Crippen molar-refractivity contribution in [3.8, 4) is 0 Å². The Balaban J connectivity index is 2.40. The molecule has 1 N–H and O–H groups in total. The van der Waals surface area contributed by atoms with Crippen molar-refractivity contribution in [1.82, 2.24) is 19.6 Å². The Labute approximate surface area is 115 Å². The number of aryl methyl sites for hydroxylation is 2. The summed E-state index contributed by atoms with van der Waals surface area (Å²) < 4.78 is 3.20. The highest BCUT2D eigenvalue weighted by molar-refractivity contribution is 6.31. The fourth-order valence-corrected chi connectivity index (χ4v) is 2.28. The quantitative estimate of drug-likeness (QED) is 0.911. The second-order valence-corrected chi connectivity index (χ2v) is 4.43. The number of carboxylic acid groups (broad SMARTS) is 1. The summed E-state index contributed by atoms with van der Waals surface area (Å²) in [5, 5.41) is 18.1. The minimum Gasteiger partial charge on any atom is -0.477 e. The third kappa shape index (κ3) is 2.49. The lowest BCUT2D eigenvalue weighted by atomic mass is 10.3. The van der Waals surface area contributed by atoms with Crippen LogP contribution in [0.4, 0.5) is 0 Å². The van der Waals surface area contributed by atoms with Crippen LogP contribution in [0, 0.1) is 0 Å². The van der Waals surface area contributed by atoms with Gasteiger partial charge < -0.3 is 5.11 Å². The van der Waals surface area contributed by atoms with Crippen LogP contribution < -0.4 is 0 Å². The van der Waals surface area contributed by atoms with E-state index in [1.165, 1.54) is 16.9 Å². The molecule has 0 aromatic carbocycles. The zero-order chi connectivity index (χ0) is 14.0. The SMILES string of the molecule is CCc1nn(CC)c(Cn2nccc2C(=O)O)c1Cl. The molecular formula is C12H15ClN4O2. The minimum absolute atomic E-state index is 0.137. The van der Waals surface area contributed by atoms with Crippen LogP contribution >= 0.6 is 11.6 Å². The highest BCUT2D eigenvalue weighted by Crippen LogP contribution is 2.22. The molecule has 0 radical (unpaired) electrons. The van der Waals surface area contributed by atoms with Crippen LogP contribution in [0.3, 0.4) is 0 Å². The fraction of sp³-hybridized carbons (Fsp3) is 0.417. The zero-order valence-electron chi connectivity index (χ0n) is 10.8. The lowest BCUT2D eigenvalue weighted by molar-refractivity contribution is 0.0684. The number of halogens is 1. The highest BCUT2D eigenvalue weighted by atomic mass is 35.5. The number of hydrogen-bond acceptors (Lipinski definition) is 3. The summed E-state index contributed by atoms with van der Waals surface area (Å²) >= 11 is 6.29. The van der Waals surface area contributed by atoms with Gasteiger partial charge in [-0.15, -0.1) is 0 Å². The van der Waals surface area contributed by atoms with Gasteiger partial charge in [0.2, 0.25) is 0 Å². The predicted molar refractivity (Wildman–Crippen MR) is 70.6 cm³/mol. The van der Waals surface area contributed by atoms with Crippen molar-refractivity contribution in [2.45, 2.75) is 33.4 Å². The molecule has 0 aliphatic carbocycles. The average Bonchev–Trinajstić information content (AvgIpc) is 2.96.